The predicted octanol–water partition coefficient (Wildman–Crippen LogP) is 2.27. The van der Waals surface area contributed by atoms with Crippen molar-refractivity contribution in [3.05, 3.63) is 53.9 Å². The first-order chi connectivity index (χ1) is 9.74. The van der Waals surface area contributed by atoms with Crippen molar-refractivity contribution in [2.75, 3.05) is 6.54 Å². The summed E-state index contributed by atoms with van der Waals surface area (Å²) in [5.41, 5.74) is 1.98. The van der Waals surface area contributed by atoms with E-state index in [0.717, 1.165) is 25.8 Å². The van der Waals surface area contributed by atoms with Gasteiger partial charge in [0.25, 0.3) is 5.91 Å². The van der Waals surface area contributed by atoms with Gasteiger partial charge in [-0.15, -0.1) is 0 Å². The Bertz CT molecular complexity index is 591. The lowest BCUT2D eigenvalue weighted by Gasteiger charge is -2.24. The van der Waals surface area contributed by atoms with Crippen molar-refractivity contribution in [1.82, 2.24) is 14.7 Å². The van der Waals surface area contributed by atoms with Gasteiger partial charge in [0.1, 0.15) is 0 Å². The van der Waals surface area contributed by atoms with Gasteiger partial charge in [-0.25, -0.2) is 0 Å². The predicted molar refractivity (Wildman–Crippen MR) is 77.4 cm³/mol. The van der Waals surface area contributed by atoms with Crippen molar-refractivity contribution >= 4 is 5.91 Å². The minimum atomic E-state index is 0.108. The van der Waals surface area contributed by atoms with Crippen LogP contribution in [0.5, 0.6) is 0 Å². The number of amides is 1. The Morgan fingerprint density at radius 2 is 2.15 bits per heavy atom. The third-order valence-corrected chi connectivity index (χ3v) is 3.90. The van der Waals surface area contributed by atoms with Crippen LogP contribution in [0.3, 0.4) is 0 Å². The molecule has 2 heterocycles. The molecule has 3 rings (SSSR count). The number of hydrogen-bond donors (Lipinski definition) is 0. The second-order valence-electron chi connectivity index (χ2n) is 5.39. The Morgan fingerprint density at radius 3 is 2.85 bits per heavy atom. The zero-order chi connectivity index (χ0) is 13.9. The quantitative estimate of drug-likeness (QED) is 0.857. The summed E-state index contributed by atoms with van der Waals surface area (Å²) >= 11 is 0. The highest BCUT2D eigenvalue weighted by Crippen LogP contribution is 2.23. The van der Waals surface area contributed by atoms with E-state index in [1.165, 1.54) is 5.56 Å². The van der Waals surface area contributed by atoms with Crippen molar-refractivity contribution in [1.29, 1.82) is 0 Å². The van der Waals surface area contributed by atoms with Crippen molar-refractivity contribution in [3.8, 4) is 0 Å². The lowest BCUT2D eigenvalue weighted by molar-refractivity contribution is 0.0736. The molecule has 4 heteroatoms. The van der Waals surface area contributed by atoms with Gasteiger partial charge < -0.3 is 4.90 Å². The van der Waals surface area contributed by atoms with E-state index in [9.17, 15) is 4.79 Å². The van der Waals surface area contributed by atoms with Crippen LogP contribution in [0.15, 0.2) is 42.7 Å². The maximum absolute atomic E-state index is 12.5. The third kappa shape index (κ3) is 2.59. The molecule has 1 atom stereocenters. The Kier molecular flexibility index (Phi) is 3.54. The lowest BCUT2D eigenvalue weighted by atomic mass is 10.0. The highest BCUT2D eigenvalue weighted by atomic mass is 16.2. The largest absolute Gasteiger partial charge is 0.335 e. The van der Waals surface area contributed by atoms with Gasteiger partial charge in [-0.3, -0.25) is 9.48 Å². The van der Waals surface area contributed by atoms with Crippen LogP contribution in [0.4, 0.5) is 0 Å². The van der Waals surface area contributed by atoms with Crippen LogP contribution < -0.4 is 0 Å². The molecule has 0 N–H and O–H groups in total. The van der Waals surface area contributed by atoms with E-state index < -0.39 is 0 Å². The number of rotatable bonds is 3. The van der Waals surface area contributed by atoms with E-state index in [0.29, 0.717) is 11.6 Å². The first-order valence-corrected chi connectivity index (χ1v) is 7.07. The summed E-state index contributed by atoms with van der Waals surface area (Å²) in [7, 11) is 1.84. The fourth-order valence-corrected chi connectivity index (χ4v) is 2.90. The van der Waals surface area contributed by atoms with E-state index in [-0.39, 0.29) is 5.91 Å². The first-order valence-electron chi connectivity index (χ1n) is 7.07. The molecule has 0 radical (unpaired) electrons. The first kappa shape index (κ1) is 12.9. The van der Waals surface area contributed by atoms with Crippen LogP contribution in [-0.2, 0) is 13.5 Å². The van der Waals surface area contributed by atoms with Crippen molar-refractivity contribution in [3.63, 3.8) is 0 Å². The van der Waals surface area contributed by atoms with E-state index in [4.69, 9.17) is 0 Å². The molecule has 0 spiro atoms. The number of likely N-dealkylation sites (tertiary alicyclic amines) is 1. The molecule has 20 heavy (non-hydrogen) atoms. The van der Waals surface area contributed by atoms with Crippen molar-refractivity contribution in [2.24, 2.45) is 7.05 Å². The fraction of sp³-hybridized carbons (Fsp3) is 0.375. The summed E-state index contributed by atoms with van der Waals surface area (Å²) < 4.78 is 1.68. The summed E-state index contributed by atoms with van der Waals surface area (Å²) in [6.07, 6.45) is 6.55. The summed E-state index contributed by atoms with van der Waals surface area (Å²) in [5.74, 6) is 0.108. The maximum atomic E-state index is 12.5. The Balaban J connectivity index is 1.74. The zero-order valence-electron chi connectivity index (χ0n) is 11.7. The fourth-order valence-electron chi connectivity index (χ4n) is 2.90. The monoisotopic (exact) mass is 269 g/mol. The molecule has 1 aliphatic heterocycles. The van der Waals surface area contributed by atoms with Gasteiger partial charge >= 0.3 is 0 Å². The average molecular weight is 269 g/mol. The summed E-state index contributed by atoms with van der Waals surface area (Å²) in [4.78, 5) is 14.5. The van der Waals surface area contributed by atoms with Crippen molar-refractivity contribution < 1.29 is 4.79 Å². The van der Waals surface area contributed by atoms with Gasteiger partial charge in [-0.1, -0.05) is 30.3 Å². The summed E-state index contributed by atoms with van der Waals surface area (Å²) in [5, 5.41) is 4.09. The number of aryl methyl sites for hydroxylation is 1. The van der Waals surface area contributed by atoms with Gasteiger partial charge in [0, 0.05) is 25.8 Å². The molecule has 0 aliphatic carbocycles. The zero-order valence-corrected chi connectivity index (χ0v) is 11.7. The lowest BCUT2D eigenvalue weighted by Crippen LogP contribution is -2.36. The Hall–Kier alpha value is -2.10. The molecule has 1 aliphatic rings. The van der Waals surface area contributed by atoms with Gasteiger partial charge in [-0.2, -0.15) is 5.10 Å². The molecule has 1 amide bonds. The van der Waals surface area contributed by atoms with Gasteiger partial charge in [0.2, 0.25) is 0 Å². The summed E-state index contributed by atoms with van der Waals surface area (Å²) in [6, 6.07) is 10.7. The number of carbonyl (C=O) groups is 1. The SMILES string of the molecule is Cn1cc(C(=O)N2CCCC2Cc2ccccc2)cn1. The molecule has 1 saturated heterocycles. The molecule has 0 bridgehead atoms. The molecule has 4 nitrogen and oxygen atoms in total. The van der Waals surface area contributed by atoms with Crippen molar-refractivity contribution in [2.45, 2.75) is 25.3 Å². The molecule has 1 unspecified atom stereocenters. The molecule has 0 saturated carbocycles. The molecular weight excluding hydrogens is 250 g/mol. The summed E-state index contributed by atoms with van der Waals surface area (Å²) in [6.45, 7) is 0.852. The van der Waals surface area contributed by atoms with E-state index in [1.54, 1.807) is 17.1 Å². The number of aromatic nitrogens is 2. The average Bonchev–Trinajstić information content (AvgIpc) is 3.08. The van der Waals surface area contributed by atoms with Crippen LogP contribution in [0, 0.1) is 0 Å². The second kappa shape index (κ2) is 5.49. The number of nitrogens with zero attached hydrogens (tertiary/aromatic N) is 3. The maximum Gasteiger partial charge on any atom is 0.257 e. The van der Waals surface area contributed by atoms with Gasteiger partial charge in [0.05, 0.1) is 11.8 Å². The van der Waals surface area contributed by atoms with Crippen LogP contribution in [0.25, 0.3) is 0 Å². The van der Waals surface area contributed by atoms with Gasteiger partial charge in [-0.05, 0) is 24.8 Å². The highest BCUT2D eigenvalue weighted by Gasteiger charge is 2.29. The van der Waals surface area contributed by atoms with E-state index in [1.807, 2.05) is 18.0 Å². The normalized spacial score (nSPS) is 18.4. The van der Waals surface area contributed by atoms with Crippen LogP contribution in [0.1, 0.15) is 28.8 Å². The molecule has 104 valence electrons. The number of hydrogen-bond acceptors (Lipinski definition) is 2. The minimum absolute atomic E-state index is 0.108. The molecular formula is C16H19N3O. The Morgan fingerprint density at radius 1 is 1.35 bits per heavy atom. The second-order valence-corrected chi connectivity index (χ2v) is 5.39. The smallest absolute Gasteiger partial charge is 0.257 e. The number of carbonyl (C=O) groups excluding carboxylic acids is 1. The highest BCUT2D eigenvalue weighted by molar-refractivity contribution is 5.94. The third-order valence-electron chi connectivity index (χ3n) is 3.90. The Labute approximate surface area is 119 Å². The molecule has 1 aromatic carbocycles. The van der Waals surface area contributed by atoms with Gasteiger partial charge in [0.15, 0.2) is 0 Å². The van der Waals surface area contributed by atoms with Crippen LogP contribution >= 0.6 is 0 Å². The molecule has 2 aromatic rings. The molecule has 1 aromatic heterocycles. The minimum Gasteiger partial charge on any atom is -0.335 e. The van der Waals surface area contributed by atoms with Crippen LogP contribution in [0.2, 0.25) is 0 Å². The molecule has 1 fully saturated rings. The topological polar surface area (TPSA) is 38.1 Å². The standard InChI is InChI=1S/C16H19N3O/c1-18-12-14(11-17-18)16(20)19-9-5-8-15(19)10-13-6-3-2-4-7-13/h2-4,6-7,11-12,15H,5,8-10H2,1H3. The number of benzene rings is 1. The van der Waals surface area contributed by atoms with E-state index in [2.05, 4.69) is 29.4 Å². The van der Waals surface area contributed by atoms with E-state index >= 15 is 0 Å². The van der Waals surface area contributed by atoms with Crippen LogP contribution in [-0.4, -0.2) is 33.2 Å².